The third-order valence-electron chi connectivity index (χ3n) is 4.65. The van der Waals surface area contributed by atoms with E-state index < -0.39 is 5.54 Å². The lowest BCUT2D eigenvalue weighted by atomic mass is 9.72. The summed E-state index contributed by atoms with van der Waals surface area (Å²) in [6, 6.07) is 12.7. The van der Waals surface area contributed by atoms with Crippen LogP contribution in [0.4, 0.5) is 0 Å². The van der Waals surface area contributed by atoms with Gasteiger partial charge in [-0.1, -0.05) is 24.3 Å². The third kappa shape index (κ3) is 1.60. The molecule has 2 aromatic carbocycles. The molecule has 0 bridgehead atoms. The van der Waals surface area contributed by atoms with E-state index in [0.717, 1.165) is 29.9 Å². The molecule has 1 saturated carbocycles. The number of phenolic OH excluding ortho intramolecular Hbond substituents is 1. The predicted octanol–water partition coefficient (Wildman–Crippen LogP) is 3.59. The Morgan fingerprint density at radius 1 is 1.09 bits per heavy atom. The van der Waals surface area contributed by atoms with E-state index in [4.69, 9.17) is 10.1 Å². The molecule has 0 radical (unpaired) electrons. The first-order valence-corrected chi connectivity index (χ1v) is 7.31. The second-order valence-electron chi connectivity index (χ2n) is 5.80. The van der Waals surface area contributed by atoms with E-state index in [1.807, 2.05) is 24.3 Å². The molecule has 0 atom stereocenters. The lowest BCUT2D eigenvalue weighted by molar-refractivity contribution is -0.138. The van der Waals surface area contributed by atoms with Gasteiger partial charge in [0.1, 0.15) is 5.75 Å². The average Bonchev–Trinajstić information content (AvgIpc) is 2.72. The SMILES string of the molecule is N=C1c2c(ccc(Oc3ccccc3)c2O)C2(CCC2)N1O. The number of nitrogens with zero attached hydrogens (tertiary/aromatic N) is 1. The van der Waals surface area contributed by atoms with Crippen molar-refractivity contribution in [2.45, 2.75) is 24.8 Å². The fourth-order valence-electron chi connectivity index (χ4n) is 3.32. The van der Waals surface area contributed by atoms with Gasteiger partial charge in [0.15, 0.2) is 17.3 Å². The van der Waals surface area contributed by atoms with Crippen molar-refractivity contribution in [2.24, 2.45) is 0 Å². The summed E-state index contributed by atoms with van der Waals surface area (Å²) in [5.74, 6) is 0.751. The predicted molar refractivity (Wildman–Crippen MR) is 80.6 cm³/mol. The van der Waals surface area contributed by atoms with Crippen LogP contribution in [-0.2, 0) is 5.54 Å². The first-order valence-electron chi connectivity index (χ1n) is 7.31. The van der Waals surface area contributed by atoms with E-state index in [-0.39, 0.29) is 11.6 Å². The van der Waals surface area contributed by atoms with Crippen molar-refractivity contribution in [3.05, 3.63) is 53.6 Å². The Balaban J connectivity index is 1.78. The van der Waals surface area contributed by atoms with Gasteiger partial charge in [0, 0.05) is 0 Å². The number of hydroxylamine groups is 2. The number of benzene rings is 2. The van der Waals surface area contributed by atoms with Crippen molar-refractivity contribution in [3.8, 4) is 17.2 Å². The number of para-hydroxylation sites is 1. The molecule has 0 aromatic heterocycles. The minimum Gasteiger partial charge on any atom is -0.504 e. The number of aromatic hydroxyl groups is 1. The van der Waals surface area contributed by atoms with Crippen molar-refractivity contribution >= 4 is 5.84 Å². The van der Waals surface area contributed by atoms with Gasteiger partial charge in [0.25, 0.3) is 0 Å². The highest BCUT2D eigenvalue weighted by Crippen LogP contribution is 2.54. The molecule has 5 heteroatoms. The monoisotopic (exact) mass is 296 g/mol. The zero-order valence-corrected chi connectivity index (χ0v) is 11.9. The second kappa shape index (κ2) is 4.48. The standard InChI is InChI=1S/C17H16N2O3/c18-16-14-12(17(19(16)21)9-4-10-17)7-8-13(15(14)20)22-11-5-2-1-3-6-11/h1-3,5-8,18,20-21H,4,9-10H2. The van der Waals surface area contributed by atoms with E-state index in [2.05, 4.69) is 0 Å². The molecule has 112 valence electrons. The Kier molecular flexibility index (Phi) is 2.68. The molecule has 4 rings (SSSR count). The Morgan fingerprint density at radius 2 is 1.82 bits per heavy atom. The summed E-state index contributed by atoms with van der Waals surface area (Å²) in [5.41, 5.74) is 0.648. The van der Waals surface area contributed by atoms with Crippen LogP contribution < -0.4 is 4.74 Å². The van der Waals surface area contributed by atoms with Crippen LogP contribution in [-0.4, -0.2) is 21.2 Å². The minimum atomic E-state index is -0.533. The van der Waals surface area contributed by atoms with Crippen molar-refractivity contribution < 1.29 is 15.1 Å². The van der Waals surface area contributed by atoms with Gasteiger partial charge in [0.05, 0.1) is 11.1 Å². The minimum absolute atomic E-state index is 0.0642. The number of nitrogens with one attached hydrogen (secondary N) is 1. The van der Waals surface area contributed by atoms with Crippen LogP contribution in [0.3, 0.4) is 0 Å². The zero-order chi connectivity index (χ0) is 15.3. The first-order chi connectivity index (χ1) is 10.6. The molecule has 1 fully saturated rings. The van der Waals surface area contributed by atoms with E-state index in [1.54, 1.807) is 18.2 Å². The zero-order valence-electron chi connectivity index (χ0n) is 11.9. The van der Waals surface area contributed by atoms with Gasteiger partial charge < -0.3 is 9.84 Å². The molecule has 1 spiro atoms. The number of phenols is 1. The molecule has 2 aliphatic rings. The van der Waals surface area contributed by atoms with Crippen LogP contribution in [0.5, 0.6) is 17.2 Å². The van der Waals surface area contributed by atoms with Gasteiger partial charge in [-0.3, -0.25) is 10.6 Å². The molecule has 1 aliphatic carbocycles. The Bertz CT molecular complexity index is 754. The molecular weight excluding hydrogens is 280 g/mol. The summed E-state index contributed by atoms with van der Waals surface area (Å²) in [4.78, 5) is 0. The second-order valence-corrected chi connectivity index (χ2v) is 5.80. The Labute approximate surface area is 127 Å². The van der Waals surface area contributed by atoms with Crippen LogP contribution >= 0.6 is 0 Å². The highest BCUT2D eigenvalue weighted by Gasteiger charge is 2.53. The van der Waals surface area contributed by atoms with Gasteiger partial charge in [-0.2, -0.15) is 0 Å². The van der Waals surface area contributed by atoms with Crippen LogP contribution in [0.25, 0.3) is 0 Å². The maximum atomic E-state index is 10.5. The highest BCUT2D eigenvalue weighted by molar-refractivity contribution is 6.04. The van der Waals surface area contributed by atoms with Crippen LogP contribution in [0.15, 0.2) is 42.5 Å². The summed E-state index contributed by atoms with van der Waals surface area (Å²) < 4.78 is 5.69. The topological polar surface area (TPSA) is 76.8 Å². The van der Waals surface area contributed by atoms with Crippen LogP contribution in [0.2, 0.25) is 0 Å². The molecule has 1 heterocycles. The fraction of sp³-hybridized carbons (Fsp3) is 0.235. The normalized spacial score (nSPS) is 18.2. The van der Waals surface area contributed by atoms with Gasteiger partial charge in [0.2, 0.25) is 0 Å². The third-order valence-corrected chi connectivity index (χ3v) is 4.65. The van der Waals surface area contributed by atoms with Crippen LogP contribution in [0.1, 0.15) is 30.4 Å². The van der Waals surface area contributed by atoms with E-state index in [9.17, 15) is 10.3 Å². The van der Waals surface area contributed by atoms with Crippen molar-refractivity contribution in [1.82, 2.24) is 5.06 Å². The molecule has 3 N–H and O–H groups in total. The number of amidine groups is 1. The molecule has 0 amide bonds. The van der Waals surface area contributed by atoms with E-state index >= 15 is 0 Å². The fourth-order valence-corrected chi connectivity index (χ4v) is 3.32. The van der Waals surface area contributed by atoms with Crippen molar-refractivity contribution in [3.63, 3.8) is 0 Å². The molecule has 2 aromatic rings. The summed E-state index contributed by atoms with van der Waals surface area (Å²) in [6.45, 7) is 0. The number of ether oxygens (including phenoxy) is 1. The highest BCUT2D eigenvalue weighted by atomic mass is 16.5. The summed E-state index contributed by atoms with van der Waals surface area (Å²) in [7, 11) is 0. The lowest BCUT2D eigenvalue weighted by Gasteiger charge is -2.43. The van der Waals surface area contributed by atoms with Gasteiger partial charge in [-0.25, -0.2) is 5.06 Å². The molecule has 5 nitrogen and oxygen atoms in total. The largest absolute Gasteiger partial charge is 0.504 e. The Morgan fingerprint density at radius 3 is 2.45 bits per heavy atom. The van der Waals surface area contributed by atoms with Gasteiger partial charge in [-0.15, -0.1) is 0 Å². The molecular formula is C17H16N2O3. The summed E-state index contributed by atoms with van der Waals surface area (Å²) in [5, 5.41) is 29.9. The number of hydrogen-bond acceptors (Lipinski definition) is 4. The maximum Gasteiger partial charge on any atom is 0.169 e. The first kappa shape index (κ1) is 13.2. The number of fused-ring (bicyclic) bond motifs is 2. The summed E-state index contributed by atoms with van der Waals surface area (Å²) >= 11 is 0. The number of hydrogen-bond donors (Lipinski definition) is 3. The smallest absolute Gasteiger partial charge is 0.169 e. The van der Waals surface area contributed by atoms with Crippen LogP contribution in [0, 0.1) is 5.41 Å². The van der Waals surface area contributed by atoms with Crippen molar-refractivity contribution in [2.75, 3.05) is 0 Å². The number of rotatable bonds is 2. The Hall–Kier alpha value is -2.53. The van der Waals surface area contributed by atoms with E-state index in [0.29, 0.717) is 17.1 Å². The maximum absolute atomic E-state index is 10.5. The molecule has 22 heavy (non-hydrogen) atoms. The van der Waals surface area contributed by atoms with Gasteiger partial charge >= 0.3 is 0 Å². The lowest BCUT2D eigenvalue weighted by Crippen LogP contribution is -2.46. The van der Waals surface area contributed by atoms with Crippen molar-refractivity contribution in [1.29, 1.82) is 5.41 Å². The molecule has 1 aliphatic heterocycles. The average molecular weight is 296 g/mol. The molecule has 0 saturated heterocycles. The summed E-state index contributed by atoms with van der Waals surface area (Å²) in [6.07, 6.45) is 2.58. The quantitative estimate of drug-likeness (QED) is 0.791. The van der Waals surface area contributed by atoms with Gasteiger partial charge in [-0.05, 0) is 43.0 Å². The van der Waals surface area contributed by atoms with E-state index in [1.165, 1.54) is 0 Å². The molecule has 0 unspecified atom stereocenters.